The van der Waals surface area contributed by atoms with Crippen LogP contribution in [0.2, 0.25) is 5.02 Å². The van der Waals surface area contributed by atoms with E-state index in [0.29, 0.717) is 0 Å². The first-order valence-electron chi connectivity index (χ1n) is 3.23. The summed E-state index contributed by atoms with van der Waals surface area (Å²) in [5, 5.41) is 10.6. The van der Waals surface area contributed by atoms with E-state index in [9.17, 15) is 10.1 Å². The zero-order valence-electron chi connectivity index (χ0n) is 6.21. The SMILES string of the molecule is O=[N+]([O-])C(Cl)(Cl)c1ccccc1Cl. The molecule has 0 atom stereocenters. The molecule has 6 heteroatoms. The Balaban J connectivity index is 3.22. The molecular formula is C7H4Cl3NO2. The minimum atomic E-state index is -2.18. The van der Waals surface area contributed by atoms with E-state index in [1.54, 1.807) is 12.1 Å². The van der Waals surface area contributed by atoms with Gasteiger partial charge >= 0.3 is 4.46 Å². The van der Waals surface area contributed by atoms with Crippen molar-refractivity contribution in [1.82, 2.24) is 0 Å². The van der Waals surface area contributed by atoms with Crippen LogP contribution in [0.4, 0.5) is 0 Å². The Morgan fingerprint density at radius 2 is 1.85 bits per heavy atom. The van der Waals surface area contributed by atoms with Gasteiger partial charge in [0.2, 0.25) is 0 Å². The summed E-state index contributed by atoms with van der Waals surface area (Å²) in [7, 11) is 0. The molecule has 0 heterocycles. The Bertz CT molecular complexity index is 340. The average molecular weight is 240 g/mol. The molecule has 1 rings (SSSR count). The van der Waals surface area contributed by atoms with Crippen LogP contribution in [0.15, 0.2) is 24.3 Å². The second-order valence-electron chi connectivity index (χ2n) is 2.28. The molecule has 13 heavy (non-hydrogen) atoms. The molecule has 0 aliphatic heterocycles. The zero-order valence-corrected chi connectivity index (χ0v) is 8.47. The topological polar surface area (TPSA) is 43.1 Å². The van der Waals surface area contributed by atoms with E-state index in [2.05, 4.69) is 0 Å². The summed E-state index contributed by atoms with van der Waals surface area (Å²) in [6, 6.07) is 6.10. The predicted molar refractivity (Wildman–Crippen MR) is 51.8 cm³/mol. The van der Waals surface area contributed by atoms with E-state index in [0.717, 1.165) is 0 Å². The van der Waals surface area contributed by atoms with Gasteiger partial charge in [-0.05, 0) is 35.3 Å². The highest BCUT2D eigenvalue weighted by Gasteiger charge is 2.41. The smallest absolute Gasteiger partial charge is 0.261 e. The third-order valence-corrected chi connectivity index (χ3v) is 2.44. The van der Waals surface area contributed by atoms with Gasteiger partial charge in [-0.1, -0.05) is 23.7 Å². The molecule has 0 aliphatic rings. The Hall–Kier alpha value is -0.510. The molecule has 0 bridgehead atoms. The number of hydrogen-bond acceptors (Lipinski definition) is 2. The van der Waals surface area contributed by atoms with Crippen molar-refractivity contribution >= 4 is 34.8 Å². The molecule has 0 N–H and O–H groups in total. The van der Waals surface area contributed by atoms with Crippen LogP contribution in [0.3, 0.4) is 0 Å². The molecule has 0 aliphatic carbocycles. The average Bonchev–Trinajstić information content (AvgIpc) is 2.04. The molecule has 1 aromatic carbocycles. The number of alkyl halides is 2. The summed E-state index contributed by atoms with van der Waals surface area (Å²) in [5.74, 6) is 0. The standard InChI is InChI=1S/C7H4Cl3NO2/c8-6-4-2-1-3-5(6)7(9,10)11(12)13/h1-4H. The van der Waals surface area contributed by atoms with Crippen molar-refractivity contribution in [3.63, 3.8) is 0 Å². The quantitative estimate of drug-likeness (QED) is 0.345. The van der Waals surface area contributed by atoms with E-state index in [1.807, 2.05) is 0 Å². The van der Waals surface area contributed by atoms with Crippen LogP contribution in [0.1, 0.15) is 5.56 Å². The van der Waals surface area contributed by atoms with Crippen LogP contribution in [-0.4, -0.2) is 4.92 Å². The number of hydrogen-bond donors (Lipinski definition) is 0. The minimum absolute atomic E-state index is 0.0741. The summed E-state index contributed by atoms with van der Waals surface area (Å²) < 4.78 is -2.18. The Kier molecular flexibility index (Phi) is 3.01. The number of halogens is 3. The predicted octanol–water partition coefficient (Wildman–Crippen LogP) is 3.20. The Morgan fingerprint density at radius 3 is 2.31 bits per heavy atom. The molecule has 0 aromatic heterocycles. The molecule has 0 radical (unpaired) electrons. The lowest BCUT2D eigenvalue weighted by molar-refractivity contribution is -0.523. The molecule has 70 valence electrons. The highest BCUT2D eigenvalue weighted by molar-refractivity contribution is 6.47. The fourth-order valence-corrected chi connectivity index (χ4v) is 1.50. The molecule has 0 saturated heterocycles. The minimum Gasteiger partial charge on any atom is -0.261 e. The van der Waals surface area contributed by atoms with E-state index >= 15 is 0 Å². The fourth-order valence-electron chi connectivity index (χ4n) is 0.803. The molecular weight excluding hydrogens is 236 g/mol. The maximum Gasteiger partial charge on any atom is 0.398 e. The lowest BCUT2D eigenvalue weighted by Gasteiger charge is -2.11. The van der Waals surface area contributed by atoms with Crippen molar-refractivity contribution in [2.75, 3.05) is 0 Å². The molecule has 1 aromatic rings. The maximum atomic E-state index is 10.5. The van der Waals surface area contributed by atoms with E-state index < -0.39 is 9.38 Å². The van der Waals surface area contributed by atoms with Crippen molar-refractivity contribution in [2.45, 2.75) is 4.46 Å². The summed E-state index contributed by atoms with van der Waals surface area (Å²) in [6.07, 6.45) is 0. The second-order valence-corrected chi connectivity index (χ2v) is 3.97. The summed E-state index contributed by atoms with van der Waals surface area (Å²) >= 11 is 16.6. The fraction of sp³-hybridized carbons (Fsp3) is 0.143. The third-order valence-electron chi connectivity index (χ3n) is 1.43. The Labute approximate surface area is 89.4 Å². The molecule has 0 fully saturated rings. The van der Waals surface area contributed by atoms with Gasteiger partial charge in [0.25, 0.3) is 0 Å². The number of nitrogens with zero attached hydrogens (tertiary/aromatic N) is 1. The van der Waals surface area contributed by atoms with Crippen LogP contribution in [0.25, 0.3) is 0 Å². The van der Waals surface area contributed by atoms with Gasteiger partial charge in [-0.25, -0.2) is 0 Å². The molecule has 0 spiro atoms. The van der Waals surface area contributed by atoms with Gasteiger partial charge in [-0.15, -0.1) is 0 Å². The molecule has 0 saturated carbocycles. The monoisotopic (exact) mass is 239 g/mol. The lowest BCUT2D eigenvalue weighted by atomic mass is 10.2. The van der Waals surface area contributed by atoms with Crippen LogP contribution in [0.5, 0.6) is 0 Å². The largest absolute Gasteiger partial charge is 0.398 e. The van der Waals surface area contributed by atoms with Gasteiger partial charge in [-0.3, -0.25) is 10.1 Å². The van der Waals surface area contributed by atoms with Crippen LogP contribution in [0, 0.1) is 10.1 Å². The van der Waals surface area contributed by atoms with Gasteiger partial charge in [0, 0.05) is 0 Å². The van der Waals surface area contributed by atoms with Crippen LogP contribution in [-0.2, 0) is 4.46 Å². The van der Waals surface area contributed by atoms with Crippen molar-refractivity contribution in [1.29, 1.82) is 0 Å². The number of rotatable bonds is 2. The van der Waals surface area contributed by atoms with E-state index in [1.165, 1.54) is 12.1 Å². The van der Waals surface area contributed by atoms with Gasteiger partial charge in [0.05, 0.1) is 15.5 Å². The van der Waals surface area contributed by atoms with Gasteiger partial charge in [-0.2, -0.15) is 0 Å². The van der Waals surface area contributed by atoms with Gasteiger partial charge < -0.3 is 0 Å². The first kappa shape index (κ1) is 10.6. The van der Waals surface area contributed by atoms with E-state index in [-0.39, 0.29) is 10.6 Å². The zero-order chi connectivity index (χ0) is 10.1. The van der Waals surface area contributed by atoms with Crippen molar-refractivity contribution in [3.05, 3.63) is 45.0 Å². The summed E-state index contributed by atoms with van der Waals surface area (Å²) in [6.45, 7) is 0. The second kappa shape index (κ2) is 3.70. The number of nitro groups is 1. The van der Waals surface area contributed by atoms with E-state index in [4.69, 9.17) is 34.8 Å². The van der Waals surface area contributed by atoms with Crippen molar-refractivity contribution in [3.8, 4) is 0 Å². The van der Waals surface area contributed by atoms with Crippen molar-refractivity contribution in [2.24, 2.45) is 0 Å². The summed E-state index contributed by atoms with van der Waals surface area (Å²) in [5.41, 5.74) is 0.0741. The van der Waals surface area contributed by atoms with Gasteiger partial charge in [0.1, 0.15) is 0 Å². The van der Waals surface area contributed by atoms with Gasteiger partial charge in [0.15, 0.2) is 0 Å². The van der Waals surface area contributed by atoms with Crippen LogP contribution < -0.4 is 0 Å². The Morgan fingerprint density at radius 1 is 1.31 bits per heavy atom. The highest BCUT2D eigenvalue weighted by atomic mass is 35.5. The lowest BCUT2D eigenvalue weighted by Crippen LogP contribution is -2.22. The maximum absolute atomic E-state index is 10.5. The first-order valence-corrected chi connectivity index (χ1v) is 4.37. The molecule has 3 nitrogen and oxygen atoms in total. The summed E-state index contributed by atoms with van der Waals surface area (Å²) in [4.78, 5) is 9.65. The molecule has 0 amide bonds. The van der Waals surface area contributed by atoms with Crippen LogP contribution >= 0.6 is 34.8 Å². The number of benzene rings is 1. The molecule has 0 unspecified atom stereocenters. The van der Waals surface area contributed by atoms with Crippen molar-refractivity contribution < 1.29 is 4.92 Å². The highest BCUT2D eigenvalue weighted by Crippen LogP contribution is 2.37. The first-order chi connectivity index (χ1) is 5.96. The normalized spacial score (nSPS) is 11.3. The third kappa shape index (κ3) is 2.05.